The molecule has 0 saturated heterocycles. The van der Waals surface area contributed by atoms with E-state index in [9.17, 15) is 13.2 Å². The van der Waals surface area contributed by atoms with Gasteiger partial charge in [-0.25, -0.2) is 13.4 Å². The van der Waals surface area contributed by atoms with Crippen molar-refractivity contribution >= 4 is 15.9 Å². The second-order valence-electron chi connectivity index (χ2n) is 7.89. The van der Waals surface area contributed by atoms with E-state index >= 15 is 0 Å². The molecule has 0 aliphatic carbocycles. The van der Waals surface area contributed by atoms with Gasteiger partial charge in [0.05, 0.1) is 17.9 Å². The molecule has 0 atom stereocenters. The van der Waals surface area contributed by atoms with Crippen LogP contribution in [0.15, 0.2) is 35.5 Å². The van der Waals surface area contributed by atoms with Gasteiger partial charge in [0, 0.05) is 12.6 Å². The fraction of sp³-hybridized carbons (Fsp3) is 0.524. The van der Waals surface area contributed by atoms with E-state index in [0.29, 0.717) is 29.5 Å². The highest BCUT2D eigenvalue weighted by atomic mass is 32.2. The molecule has 1 aliphatic rings. The highest BCUT2D eigenvalue weighted by Gasteiger charge is 2.34. The summed E-state index contributed by atoms with van der Waals surface area (Å²) in [5, 5.41) is 3.02. The van der Waals surface area contributed by atoms with Crippen molar-refractivity contribution in [2.24, 2.45) is 5.92 Å². The minimum absolute atomic E-state index is 0.0682. The van der Waals surface area contributed by atoms with Crippen LogP contribution in [0.4, 0.5) is 0 Å². The van der Waals surface area contributed by atoms with Crippen molar-refractivity contribution in [3.05, 3.63) is 42.0 Å². The smallest absolute Gasteiger partial charge is 0.272 e. The van der Waals surface area contributed by atoms with Crippen LogP contribution in [0.3, 0.4) is 0 Å². The number of carbonyl (C=O) groups is 1. The van der Waals surface area contributed by atoms with E-state index in [1.165, 1.54) is 4.31 Å². The quantitative estimate of drug-likeness (QED) is 0.747. The van der Waals surface area contributed by atoms with Crippen molar-refractivity contribution in [2.45, 2.75) is 64.4 Å². The number of carbonyl (C=O) groups excluding carboxylic acids is 1. The number of aromatic nitrogens is 2. The second-order valence-corrected chi connectivity index (χ2v) is 9.79. The zero-order valence-corrected chi connectivity index (χ0v) is 18.4. The van der Waals surface area contributed by atoms with E-state index in [1.807, 2.05) is 13.8 Å². The Hall–Kier alpha value is -2.19. The zero-order valence-electron chi connectivity index (χ0n) is 17.6. The Morgan fingerprint density at radius 1 is 1.21 bits per heavy atom. The molecule has 1 aliphatic heterocycles. The van der Waals surface area contributed by atoms with Crippen LogP contribution in [0, 0.1) is 5.92 Å². The predicted molar refractivity (Wildman–Crippen MR) is 112 cm³/mol. The Bertz CT molecular complexity index is 978. The molecule has 2 heterocycles. The normalized spacial score (nSPS) is 15.8. The third-order valence-corrected chi connectivity index (χ3v) is 7.32. The number of amides is 1. The largest absolute Gasteiger partial charge is 0.348 e. The molecule has 29 heavy (non-hydrogen) atoms. The van der Waals surface area contributed by atoms with Gasteiger partial charge in [0.25, 0.3) is 5.91 Å². The van der Waals surface area contributed by atoms with Crippen LogP contribution in [0.5, 0.6) is 0 Å². The van der Waals surface area contributed by atoms with Gasteiger partial charge in [-0.3, -0.25) is 9.36 Å². The first-order valence-corrected chi connectivity index (χ1v) is 11.7. The molecule has 0 unspecified atom stereocenters. The molecule has 0 saturated carbocycles. The molecule has 0 radical (unpaired) electrons. The van der Waals surface area contributed by atoms with Gasteiger partial charge in [0.2, 0.25) is 10.0 Å². The van der Waals surface area contributed by atoms with Crippen molar-refractivity contribution in [1.29, 1.82) is 0 Å². The van der Waals surface area contributed by atoms with Crippen molar-refractivity contribution < 1.29 is 13.2 Å². The van der Waals surface area contributed by atoms with Gasteiger partial charge in [-0.1, -0.05) is 39.8 Å². The SMILES string of the molecule is CCC(CC)NC(=O)c1ncn2c1CN(CCC(C)C)S(=O)(=O)c1ccccc1-2. The molecule has 8 heteroatoms. The fourth-order valence-corrected chi connectivity index (χ4v) is 5.13. The van der Waals surface area contributed by atoms with Gasteiger partial charge in [0.1, 0.15) is 11.2 Å². The van der Waals surface area contributed by atoms with Gasteiger partial charge in [-0.2, -0.15) is 4.31 Å². The van der Waals surface area contributed by atoms with Gasteiger partial charge in [-0.05, 0) is 37.3 Å². The number of fused-ring (bicyclic) bond motifs is 3. The van der Waals surface area contributed by atoms with E-state index in [2.05, 4.69) is 24.1 Å². The molecular formula is C21H30N4O3S. The van der Waals surface area contributed by atoms with Crippen molar-refractivity contribution in [3.63, 3.8) is 0 Å². The van der Waals surface area contributed by atoms with E-state index in [0.717, 1.165) is 19.3 Å². The molecule has 0 fully saturated rings. The number of sulfonamides is 1. The van der Waals surface area contributed by atoms with Gasteiger partial charge in [-0.15, -0.1) is 0 Å². The number of hydrogen-bond acceptors (Lipinski definition) is 4. The third kappa shape index (κ3) is 4.23. The van der Waals surface area contributed by atoms with E-state index in [1.54, 1.807) is 35.2 Å². The maximum absolute atomic E-state index is 13.3. The Morgan fingerprint density at radius 3 is 2.55 bits per heavy atom. The van der Waals surface area contributed by atoms with Crippen LogP contribution in [-0.4, -0.2) is 40.8 Å². The highest BCUT2D eigenvalue weighted by molar-refractivity contribution is 7.89. The summed E-state index contributed by atoms with van der Waals surface area (Å²) in [6, 6.07) is 6.96. The molecule has 1 aromatic heterocycles. The maximum atomic E-state index is 13.3. The number of nitrogens with zero attached hydrogens (tertiary/aromatic N) is 3. The Kier molecular flexibility index (Phi) is 6.43. The molecule has 1 amide bonds. The summed E-state index contributed by atoms with van der Waals surface area (Å²) < 4.78 is 29.9. The molecule has 7 nitrogen and oxygen atoms in total. The molecule has 3 rings (SSSR count). The number of hydrogen-bond donors (Lipinski definition) is 1. The zero-order chi connectivity index (χ0) is 21.2. The summed E-state index contributed by atoms with van der Waals surface area (Å²) in [7, 11) is -3.67. The van der Waals surface area contributed by atoms with Crippen LogP contribution >= 0.6 is 0 Å². The highest BCUT2D eigenvalue weighted by Crippen LogP contribution is 2.31. The van der Waals surface area contributed by atoms with Crippen LogP contribution in [0.2, 0.25) is 0 Å². The minimum Gasteiger partial charge on any atom is -0.348 e. The first-order valence-electron chi connectivity index (χ1n) is 10.3. The molecule has 1 N–H and O–H groups in total. The standard InChI is InChI=1S/C21H30N4O3S/c1-5-16(6-2)23-21(26)20-18-13-24(12-11-15(3)4)29(27,28)19-10-8-7-9-17(19)25(18)14-22-20/h7-10,14-16H,5-6,11-13H2,1-4H3,(H,23,26). The van der Waals surface area contributed by atoms with Crippen LogP contribution in [-0.2, 0) is 16.6 Å². The van der Waals surface area contributed by atoms with Gasteiger partial charge < -0.3 is 5.32 Å². The van der Waals surface area contributed by atoms with E-state index in [-0.39, 0.29) is 23.4 Å². The summed E-state index contributed by atoms with van der Waals surface area (Å²) >= 11 is 0. The second kappa shape index (κ2) is 8.67. The molecule has 0 bridgehead atoms. The summed E-state index contributed by atoms with van der Waals surface area (Å²) in [5.74, 6) is 0.110. The van der Waals surface area contributed by atoms with Crippen molar-refractivity contribution in [1.82, 2.24) is 19.2 Å². The lowest BCUT2D eigenvalue weighted by Gasteiger charge is -2.21. The molecule has 158 valence electrons. The summed E-state index contributed by atoms with van der Waals surface area (Å²) in [6.45, 7) is 8.70. The van der Waals surface area contributed by atoms with Crippen molar-refractivity contribution in [3.8, 4) is 5.69 Å². The van der Waals surface area contributed by atoms with Crippen LogP contribution < -0.4 is 5.32 Å². The van der Waals surface area contributed by atoms with Crippen LogP contribution in [0.1, 0.15) is 63.1 Å². The lowest BCUT2D eigenvalue weighted by atomic mass is 10.1. The Morgan fingerprint density at radius 2 is 1.90 bits per heavy atom. The summed E-state index contributed by atoms with van der Waals surface area (Å²) in [6.07, 6.45) is 3.95. The average Bonchev–Trinajstić information content (AvgIpc) is 3.08. The maximum Gasteiger partial charge on any atom is 0.272 e. The topological polar surface area (TPSA) is 84.3 Å². The van der Waals surface area contributed by atoms with E-state index in [4.69, 9.17) is 0 Å². The number of nitrogens with one attached hydrogen (secondary N) is 1. The number of imidazole rings is 1. The van der Waals surface area contributed by atoms with Crippen molar-refractivity contribution in [2.75, 3.05) is 6.54 Å². The first-order chi connectivity index (χ1) is 13.8. The molecule has 2 aromatic rings. The number of benzene rings is 1. The van der Waals surface area contributed by atoms with Crippen LogP contribution in [0.25, 0.3) is 5.69 Å². The monoisotopic (exact) mass is 418 g/mol. The first kappa shape index (κ1) is 21.5. The number of para-hydroxylation sites is 1. The number of rotatable bonds is 7. The average molecular weight is 419 g/mol. The van der Waals surface area contributed by atoms with Gasteiger partial charge in [0.15, 0.2) is 5.69 Å². The Labute approximate surface area is 173 Å². The Balaban J connectivity index is 2.08. The predicted octanol–water partition coefficient (Wildman–Crippen LogP) is 3.34. The minimum atomic E-state index is -3.67. The van der Waals surface area contributed by atoms with Gasteiger partial charge >= 0.3 is 0 Å². The molecule has 0 spiro atoms. The third-order valence-electron chi connectivity index (χ3n) is 5.43. The lowest BCUT2D eigenvalue weighted by Crippen LogP contribution is -2.36. The summed E-state index contributed by atoms with van der Waals surface area (Å²) in [4.78, 5) is 17.5. The van der Waals surface area contributed by atoms with E-state index < -0.39 is 10.0 Å². The summed E-state index contributed by atoms with van der Waals surface area (Å²) in [5.41, 5.74) is 1.42. The molecule has 1 aromatic carbocycles. The molecular weight excluding hydrogens is 388 g/mol. The lowest BCUT2D eigenvalue weighted by molar-refractivity contribution is 0.0928. The fourth-order valence-electron chi connectivity index (χ4n) is 3.54.